The molecule has 0 heterocycles. The van der Waals surface area contributed by atoms with Crippen LogP contribution in [0.15, 0.2) is 4.99 Å². The van der Waals surface area contributed by atoms with E-state index in [1.807, 2.05) is 14.1 Å². The second-order valence-electron chi connectivity index (χ2n) is 1.40. The molecule has 2 heteroatoms. The van der Waals surface area contributed by atoms with Gasteiger partial charge >= 0.3 is 0 Å². The zero-order chi connectivity index (χ0) is 6.28. The lowest BCUT2D eigenvalue weighted by Crippen LogP contribution is -1.86. The van der Waals surface area contributed by atoms with Crippen molar-refractivity contribution < 1.29 is 4.58 Å². The molecule has 0 aromatic rings. The van der Waals surface area contributed by atoms with Gasteiger partial charge in [0.05, 0.1) is 0 Å². The molecule has 0 N–H and O–H groups in total. The predicted octanol–water partition coefficient (Wildman–Crippen LogP) is 0.276. The van der Waals surface area contributed by atoms with Crippen molar-refractivity contribution in [3.05, 3.63) is 0 Å². The molecule has 7 heavy (non-hydrogen) atoms. The Morgan fingerprint density at radius 1 is 1.43 bits per heavy atom. The smallest absolute Gasteiger partial charge is 0.131 e. The van der Waals surface area contributed by atoms with Crippen molar-refractivity contribution >= 4 is 13.4 Å². The molecule has 0 saturated carbocycles. The van der Waals surface area contributed by atoms with E-state index in [0.29, 0.717) is 0 Å². The zero-order valence-corrected chi connectivity index (χ0v) is 5.31. The van der Waals surface area contributed by atoms with Crippen LogP contribution in [0.5, 0.6) is 0 Å². The average Bonchev–Trinajstić information content (AvgIpc) is 1.33. The second kappa shape index (κ2) is 9.02. The Hall–Kier alpha value is -0.660. The van der Waals surface area contributed by atoms with E-state index < -0.39 is 0 Å². The van der Waals surface area contributed by atoms with Gasteiger partial charge in [-0.15, -0.1) is 0 Å². The molecule has 0 spiro atoms. The van der Waals surface area contributed by atoms with E-state index in [2.05, 4.69) is 18.4 Å². The van der Waals surface area contributed by atoms with E-state index in [0.717, 1.165) is 0 Å². The van der Waals surface area contributed by atoms with Gasteiger partial charge < -0.3 is 4.99 Å². The van der Waals surface area contributed by atoms with Gasteiger partial charge in [0.15, 0.2) is 0 Å². The van der Waals surface area contributed by atoms with Gasteiger partial charge in [0.2, 0.25) is 0 Å². The predicted molar refractivity (Wildman–Crippen MR) is 34.7 cm³/mol. The third-order valence-electron chi connectivity index (χ3n) is 0. The quantitative estimate of drug-likeness (QED) is 0.307. The standard InChI is InChI=1S/C3H8N.C2H5N/c1-4(2)3;1-3-2/h1H2,2-3H3;1H2,2H3/q+1;. The Labute approximate surface area is 45.2 Å². The normalized spacial score (nSPS) is 5.57. The summed E-state index contributed by atoms with van der Waals surface area (Å²) in [6.07, 6.45) is 0. The molecule has 0 fully saturated rings. The van der Waals surface area contributed by atoms with Gasteiger partial charge in [-0.1, -0.05) is 0 Å². The Morgan fingerprint density at radius 2 is 1.43 bits per heavy atom. The van der Waals surface area contributed by atoms with Crippen LogP contribution in [0.25, 0.3) is 0 Å². The summed E-state index contributed by atoms with van der Waals surface area (Å²) in [6.45, 7) is 6.58. The molecule has 0 unspecified atom stereocenters. The van der Waals surface area contributed by atoms with Crippen molar-refractivity contribution in [2.75, 3.05) is 21.1 Å². The van der Waals surface area contributed by atoms with Gasteiger partial charge in [0.25, 0.3) is 0 Å². The summed E-state index contributed by atoms with van der Waals surface area (Å²) in [5.41, 5.74) is 0. The molecule has 0 aromatic heterocycles. The van der Waals surface area contributed by atoms with Crippen molar-refractivity contribution in [3.63, 3.8) is 0 Å². The van der Waals surface area contributed by atoms with E-state index in [9.17, 15) is 0 Å². The summed E-state index contributed by atoms with van der Waals surface area (Å²) in [6, 6.07) is 0. The molecule has 0 atom stereocenters. The highest BCUT2D eigenvalue weighted by Crippen LogP contribution is 1.30. The molecule has 0 aromatic carbocycles. The lowest BCUT2D eigenvalue weighted by Gasteiger charge is -1.65. The zero-order valence-electron chi connectivity index (χ0n) is 5.31. The molecule has 0 bridgehead atoms. The van der Waals surface area contributed by atoms with Crippen LogP contribution in [0.1, 0.15) is 0 Å². The van der Waals surface area contributed by atoms with Crippen molar-refractivity contribution in [1.82, 2.24) is 0 Å². The van der Waals surface area contributed by atoms with Gasteiger partial charge in [0, 0.05) is 7.05 Å². The number of aliphatic imine (C=N–C) groups is 1. The van der Waals surface area contributed by atoms with Crippen molar-refractivity contribution in [2.45, 2.75) is 0 Å². The molecular formula is C5H13N2+. The van der Waals surface area contributed by atoms with Crippen molar-refractivity contribution in [3.8, 4) is 0 Å². The summed E-state index contributed by atoms with van der Waals surface area (Å²) in [7, 11) is 5.42. The van der Waals surface area contributed by atoms with Gasteiger partial charge in [-0.3, -0.25) is 0 Å². The number of rotatable bonds is 0. The molecule has 0 aliphatic rings. The van der Waals surface area contributed by atoms with Gasteiger partial charge in [0.1, 0.15) is 20.8 Å². The summed E-state index contributed by atoms with van der Waals surface area (Å²) < 4.78 is 1.75. The monoisotopic (exact) mass is 101 g/mol. The summed E-state index contributed by atoms with van der Waals surface area (Å²) in [5.74, 6) is 0. The fraction of sp³-hybridized carbons (Fsp3) is 0.600. The molecule has 0 rings (SSSR count). The minimum absolute atomic E-state index is 1.64. The summed E-state index contributed by atoms with van der Waals surface area (Å²) in [4.78, 5) is 3.25. The first-order chi connectivity index (χ1) is 3.15. The van der Waals surface area contributed by atoms with Crippen LogP contribution in [0.3, 0.4) is 0 Å². The Bertz CT molecular complexity index is 53.1. The maximum atomic E-state index is 3.47. The minimum Gasteiger partial charge on any atom is -0.304 e. The van der Waals surface area contributed by atoms with Gasteiger partial charge in [-0.2, -0.15) is 0 Å². The SMILES string of the molecule is C=NC.C=[N+](C)C. The molecule has 0 amide bonds. The molecule has 0 saturated heterocycles. The number of hydrogen-bond donors (Lipinski definition) is 0. The van der Waals surface area contributed by atoms with Crippen LogP contribution in [0.4, 0.5) is 0 Å². The van der Waals surface area contributed by atoms with Gasteiger partial charge in [-0.05, 0) is 6.72 Å². The van der Waals surface area contributed by atoms with Crippen LogP contribution in [0, 0.1) is 0 Å². The largest absolute Gasteiger partial charge is 0.304 e. The molecule has 0 radical (unpaired) electrons. The number of nitrogens with zero attached hydrogens (tertiary/aromatic N) is 2. The maximum absolute atomic E-state index is 3.47. The highest BCUT2D eigenvalue weighted by molar-refractivity contribution is 5.22. The molecule has 0 aliphatic heterocycles. The molecule has 2 nitrogen and oxygen atoms in total. The fourth-order valence-corrected chi connectivity index (χ4v) is 0. The first kappa shape index (κ1) is 9.60. The Morgan fingerprint density at radius 3 is 1.43 bits per heavy atom. The maximum Gasteiger partial charge on any atom is 0.131 e. The van der Waals surface area contributed by atoms with E-state index in [4.69, 9.17) is 0 Å². The highest BCUT2D eigenvalue weighted by Gasteiger charge is 1.53. The van der Waals surface area contributed by atoms with E-state index in [1.165, 1.54) is 0 Å². The lowest BCUT2D eigenvalue weighted by atomic mass is 11.1. The first-order valence-electron chi connectivity index (χ1n) is 1.97. The van der Waals surface area contributed by atoms with Crippen LogP contribution in [-0.2, 0) is 0 Å². The summed E-state index contributed by atoms with van der Waals surface area (Å²) >= 11 is 0. The number of hydrogen-bond acceptors (Lipinski definition) is 1. The molecular weight excluding hydrogens is 88.1 g/mol. The van der Waals surface area contributed by atoms with Gasteiger partial charge in [-0.25, -0.2) is 4.58 Å². The van der Waals surface area contributed by atoms with Crippen LogP contribution < -0.4 is 0 Å². The Balaban J connectivity index is 0. The minimum atomic E-state index is 1.64. The van der Waals surface area contributed by atoms with Crippen molar-refractivity contribution in [2.24, 2.45) is 4.99 Å². The van der Waals surface area contributed by atoms with E-state index in [1.54, 1.807) is 11.6 Å². The van der Waals surface area contributed by atoms with Crippen LogP contribution in [0.2, 0.25) is 0 Å². The summed E-state index contributed by atoms with van der Waals surface area (Å²) in [5, 5.41) is 0. The third-order valence-corrected chi connectivity index (χ3v) is 0. The van der Waals surface area contributed by atoms with Crippen LogP contribution >= 0.6 is 0 Å². The first-order valence-corrected chi connectivity index (χ1v) is 1.97. The van der Waals surface area contributed by atoms with E-state index in [-0.39, 0.29) is 0 Å². The average molecular weight is 101 g/mol. The lowest BCUT2D eigenvalue weighted by molar-refractivity contribution is -0.454. The van der Waals surface area contributed by atoms with Crippen molar-refractivity contribution in [1.29, 1.82) is 0 Å². The molecule has 0 aliphatic carbocycles. The van der Waals surface area contributed by atoms with Crippen LogP contribution in [-0.4, -0.2) is 39.2 Å². The topological polar surface area (TPSA) is 15.4 Å². The Kier molecular flexibility index (Phi) is 12.4. The molecule has 42 valence electrons. The van der Waals surface area contributed by atoms with E-state index >= 15 is 0 Å². The third kappa shape index (κ3) is 137. The second-order valence-corrected chi connectivity index (χ2v) is 1.40. The fourth-order valence-electron chi connectivity index (χ4n) is 0. The highest BCUT2D eigenvalue weighted by atomic mass is 14.9.